The normalized spacial score (nSPS) is 24.1. The lowest BCUT2D eigenvalue weighted by molar-refractivity contribution is -0.117. The van der Waals surface area contributed by atoms with E-state index in [2.05, 4.69) is 6.58 Å². The quantitative estimate of drug-likeness (QED) is 0.675. The van der Waals surface area contributed by atoms with Crippen LogP contribution in [0.25, 0.3) is 0 Å². The fourth-order valence-electron chi connectivity index (χ4n) is 1.19. The zero-order valence-corrected chi connectivity index (χ0v) is 9.68. The van der Waals surface area contributed by atoms with Crippen molar-refractivity contribution < 1.29 is 4.79 Å². The number of hydrogen-bond donors (Lipinski definition) is 0. The monoisotopic (exact) mass is 216 g/mol. The molecule has 0 saturated carbocycles. The molecule has 1 atom stereocenters. The van der Waals surface area contributed by atoms with E-state index in [-0.39, 0.29) is 0 Å². The van der Waals surface area contributed by atoms with Crippen molar-refractivity contribution in [2.75, 3.05) is 17.3 Å². The Labute approximate surface area is 88.7 Å². The molecule has 0 amide bonds. The molecular formula is C10H16OS2. The van der Waals surface area contributed by atoms with Gasteiger partial charge in [0.1, 0.15) is 5.78 Å². The van der Waals surface area contributed by atoms with E-state index in [9.17, 15) is 4.79 Å². The van der Waals surface area contributed by atoms with E-state index in [0.717, 1.165) is 24.3 Å². The van der Waals surface area contributed by atoms with Gasteiger partial charge in [-0.3, -0.25) is 0 Å². The third-order valence-corrected chi connectivity index (χ3v) is 4.86. The van der Waals surface area contributed by atoms with Gasteiger partial charge >= 0.3 is 0 Å². The fourth-order valence-corrected chi connectivity index (χ4v) is 3.79. The zero-order chi connectivity index (χ0) is 9.68. The molecule has 0 aromatic carbocycles. The summed E-state index contributed by atoms with van der Waals surface area (Å²) < 4.78 is 0. The van der Waals surface area contributed by atoms with E-state index in [0.29, 0.717) is 11.0 Å². The largest absolute Gasteiger partial charge is 0.300 e. The molecule has 0 N–H and O–H groups in total. The van der Waals surface area contributed by atoms with E-state index in [1.807, 2.05) is 23.5 Å². The summed E-state index contributed by atoms with van der Waals surface area (Å²) in [7, 11) is 0. The van der Waals surface area contributed by atoms with Gasteiger partial charge < -0.3 is 4.79 Å². The Kier molecular flexibility index (Phi) is 4.96. The summed E-state index contributed by atoms with van der Waals surface area (Å²) in [6.45, 7) is 5.67. The number of Topliss-reactive ketones (excluding diaryl/α,β-unsaturated/α-hetero) is 1. The van der Waals surface area contributed by atoms with Crippen LogP contribution in [-0.4, -0.2) is 28.3 Å². The molecule has 1 rings (SSSR count). The Balaban J connectivity index is 2.25. The topological polar surface area (TPSA) is 17.1 Å². The van der Waals surface area contributed by atoms with Crippen LogP contribution >= 0.6 is 23.5 Å². The Bertz CT molecular complexity index is 201. The summed E-state index contributed by atoms with van der Waals surface area (Å²) in [6.07, 6.45) is 1.78. The lowest BCUT2D eigenvalue weighted by Gasteiger charge is -2.10. The molecule has 0 aromatic heterocycles. The fraction of sp³-hybridized carbons (Fsp3) is 0.700. The first kappa shape index (κ1) is 11.2. The highest BCUT2D eigenvalue weighted by Crippen LogP contribution is 2.28. The van der Waals surface area contributed by atoms with Crippen molar-refractivity contribution in [1.82, 2.24) is 0 Å². The minimum atomic E-state index is 0.314. The molecule has 13 heavy (non-hydrogen) atoms. The van der Waals surface area contributed by atoms with Gasteiger partial charge in [0, 0.05) is 28.9 Å². The van der Waals surface area contributed by atoms with Crippen LogP contribution in [0, 0.1) is 0 Å². The molecule has 0 aliphatic carbocycles. The SMILES string of the molecule is C=C1CSCC(CCC(C)=O)SC1. The summed E-state index contributed by atoms with van der Waals surface area (Å²) in [5, 5.41) is 0.660. The highest BCUT2D eigenvalue weighted by atomic mass is 32.2. The Morgan fingerprint density at radius 2 is 2.38 bits per heavy atom. The molecule has 1 heterocycles. The molecular weight excluding hydrogens is 200 g/mol. The van der Waals surface area contributed by atoms with E-state index < -0.39 is 0 Å². The molecule has 1 fully saturated rings. The predicted octanol–water partition coefficient (Wildman–Crippen LogP) is 2.76. The highest BCUT2D eigenvalue weighted by molar-refractivity contribution is 8.04. The second kappa shape index (κ2) is 5.76. The predicted molar refractivity (Wildman–Crippen MR) is 62.6 cm³/mol. The van der Waals surface area contributed by atoms with Crippen LogP contribution in [-0.2, 0) is 4.79 Å². The number of carbonyl (C=O) groups excluding carboxylic acids is 1. The van der Waals surface area contributed by atoms with Crippen molar-refractivity contribution in [2.45, 2.75) is 25.0 Å². The average molecular weight is 216 g/mol. The number of thioether (sulfide) groups is 2. The maximum Gasteiger partial charge on any atom is 0.129 e. The van der Waals surface area contributed by atoms with Crippen molar-refractivity contribution in [3.63, 3.8) is 0 Å². The maximum absolute atomic E-state index is 10.8. The number of carbonyl (C=O) groups is 1. The van der Waals surface area contributed by atoms with Crippen molar-refractivity contribution in [2.24, 2.45) is 0 Å². The van der Waals surface area contributed by atoms with Crippen LogP contribution in [0.1, 0.15) is 19.8 Å². The summed E-state index contributed by atoms with van der Waals surface area (Å²) in [5.41, 5.74) is 1.33. The van der Waals surface area contributed by atoms with Crippen LogP contribution in [0.15, 0.2) is 12.2 Å². The molecule has 0 spiro atoms. The lowest BCUT2D eigenvalue weighted by Crippen LogP contribution is -2.07. The third-order valence-electron chi connectivity index (χ3n) is 1.95. The second-order valence-electron chi connectivity index (χ2n) is 3.44. The first-order valence-electron chi connectivity index (χ1n) is 4.54. The Hall–Kier alpha value is 0.110. The van der Waals surface area contributed by atoms with Crippen molar-refractivity contribution in [3.8, 4) is 0 Å². The van der Waals surface area contributed by atoms with Crippen molar-refractivity contribution >= 4 is 29.3 Å². The van der Waals surface area contributed by atoms with Gasteiger partial charge in [0.25, 0.3) is 0 Å². The number of ketones is 1. The van der Waals surface area contributed by atoms with Gasteiger partial charge in [0.2, 0.25) is 0 Å². The average Bonchev–Trinajstić information content (AvgIpc) is 2.27. The van der Waals surface area contributed by atoms with Crippen molar-refractivity contribution in [1.29, 1.82) is 0 Å². The molecule has 1 nitrogen and oxygen atoms in total. The smallest absolute Gasteiger partial charge is 0.129 e. The van der Waals surface area contributed by atoms with Crippen LogP contribution < -0.4 is 0 Å². The summed E-state index contributed by atoms with van der Waals surface area (Å²) in [5.74, 6) is 3.67. The van der Waals surface area contributed by atoms with Gasteiger partial charge in [-0.15, -0.1) is 0 Å². The standard InChI is InChI=1S/C10H16OS2/c1-8-5-12-7-10(13-6-8)4-3-9(2)11/h10H,1,3-7H2,2H3. The van der Waals surface area contributed by atoms with Crippen LogP contribution in [0.3, 0.4) is 0 Å². The molecule has 74 valence electrons. The summed E-state index contributed by atoms with van der Waals surface area (Å²) in [4.78, 5) is 10.8. The van der Waals surface area contributed by atoms with Gasteiger partial charge in [0.05, 0.1) is 0 Å². The van der Waals surface area contributed by atoms with Crippen molar-refractivity contribution in [3.05, 3.63) is 12.2 Å². The molecule has 1 saturated heterocycles. The minimum absolute atomic E-state index is 0.314. The summed E-state index contributed by atoms with van der Waals surface area (Å²) >= 11 is 3.91. The third kappa shape index (κ3) is 4.77. The van der Waals surface area contributed by atoms with Gasteiger partial charge in [-0.2, -0.15) is 23.5 Å². The molecule has 0 bridgehead atoms. The Morgan fingerprint density at radius 1 is 1.62 bits per heavy atom. The van der Waals surface area contributed by atoms with E-state index in [4.69, 9.17) is 0 Å². The second-order valence-corrected chi connectivity index (χ2v) is 5.76. The van der Waals surface area contributed by atoms with Crippen LogP contribution in [0.4, 0.5) is 0 Å². The van der Waals surface area contributed by atoms with Gasteiger partial charge in [-0.1, -0.05) is 12.2 Å². The summed E-state index contributed by atoms with van der Waals surface area (Å²) in [6, 6.07) is 0. The molecule has 0 aromatic rings. The van der Waals surface area contributed by atoms with Crippen LogP contribution in [0.2, 0.25) is 0 Å². The van der Waals surface area contributed by atoms with Crippen LogP contribution in [0.5, 0.6) is 0 Å². The van der Waals surface area contributed by atoms with E-state index in [1.165, 1.54) is 11.3 Å². The van der Waals surface area contributed by atoms with E-state index in [1.54, 1.807) is 6.92 Å². The minimum Gasteiger partial charge on any atom is -0.300 e. The number of hydrogen-bond acceptors (Lipinski definition) is 3. The zero-order valence-electron chi connectivity index (χ0n) is 8.04. The lowest BCUT2D eigenvalue weighted by atomic mass is 10.2. The molecule has 0 radical (unpaired) electrons. The number of rotatable bonds is 3. The first-order chi connectivity index (χ1) is 6.18. The molecule has 3 heteroatoms. The van der Waals surface area contributed by atoms with Gasteiger partial charge in [0.15, 0.2) is 0 Å². The molecule has 1 aliphatic heterocycles. The maximum atomic E-state index is 10.8. The van der Waals surface area contributed by atoms with E-state index >= 15 is 0 Å². The highest BCUT2D eigenvalue weighted by Gasteiger charge is 2.14. The van der Waals surface area contributed by atoms with Gasteiger partial charge in [-0.05, 0) is 13.3 Å². The first-order valence-corrected chi connectivity index (χ1v) is 6.74. The van der Waals surface area contributed by atoms with Gasteiger partial charge in [-0.25, -0.2) is 0 Å². The molecule has 1 aliphatic rings. The molecule has 1 unspecified atom stereocenters. The Morgan fingerprint density at radius 3 is 3.08 bits per heavy atom.